The van der Waals surface area contributed by atoms with Crippen molar-refractivity contribution in [3.05, 3.63) is 72.9 Å². The molecule has 0 aromatic heterocycles. The van der Waals surface area contributed by atoms with Crippen LogP contribution in [0.2, 0.25) is 0 Å². The molecule has 0 N–H and O–H groups in total. The van der Waals surface area contributed by atoms with E-state index in [-0.39, 0.29) is 42.7 Å². The van der Waals surface area contributed by atoms with Gasteiger partial charge in [0.05, 0.1) is 40.3 Å². The van der Waals surface area contributed by atoms with Crippen LogP contribution in [0.3, 0.4) is 0 Å². The van der Waals surface area contributed by atoms with Crippen molar-refractivity contribution in [3.63, 3.8) is 0 Å². The molecule has 0 radical (unpaired) electrons. The van der Waals surface area contributed by atoms with Gasteiger partial charge in [-0.2, -0.15) is 0 Å². The molecule has 0 heterocycles. The van der Waals surface area contributed by atoms with Gasteiger partial charge < -0.3 is 28.6 Å². The third-order valence-corrected chi connectivity index (χ3v) is 10.1. The Morgan fingerprint density at radius 2 is 0.949 bits per heavy atom. The zero-order chi connectivity index (χ0) is 43.5. The van der Waals surface area contributed by atoms with Crippen molar-refractivity contribution >= 4 is 17.9 Å². The van der Waals surface area contributed by atoms with E-state index in [0.29, 0.717) is 19.3 Å². The second kappa shape index (κ2) is 41.5. The van der Waals surface area contributed by atoms with Gasteiger partial charge in [-0.1, -0.05) is 170 Å². The Balaban J connectivity index is 4.39. The maximum absolute atomic E-state index is 12.7. The van der Waals surface area contributed by atoms with Crippen LogP contribution in [0, 0.1) is 0 Å². The molecular weight excluding hydrogens is 739 g/mol. The van der Waals surface area contributed by atoms with Crippen molar-refractivity contribution in [1.82, 2.24) is 0 Å². The highest BCUT2D eigenvalue weighted by Crippen LogP contribution is 2.14. The summed E-state index contributed by atoms with van der Waals surface area (Å²) >= 11 is 0. The minimum absolute atomic E-state index is 0.0252. The fraction of sp³-hybridized carbons (Fsp3) is 0.706. The fourth-order valence-corrected chi connectivity index (χ4v) is 6.49. The molecule has 0 aromatic rings. The number of ether oxygens (including phenoxy) is 3. The molecule has 0 fully saturated rings. The first-order chi connectivity index (χ1) is 28.6. The lowest BCUT2D eigenvalue weighted by Crippen LogP contribution is -2.55. The lowest BCUT2D eigenvalue weighted by Gasteiger charge is -2.34. The highest BCUT2D eigenvalue weighted by Gasteiger charge is 2.25. The van der Waals surface area contributed by atoms with Crippen molar-refractivity contribution in [3.8, 4) is 0 Å². The molecule has 0 aliphatic rings. The number of aliphatic carboxylic acids is 1. The van der Waals surface area contributed by atoms with Crippen molar-refractivity contribution in [2.24, 2.45) is 0 Å². The van der Waals surface area contributed by atoms with Crippen molar-refractivity contribution < 1.29 is 38.2 Å². The molecule has 0 bridgehead atoms. The van der Waals surface area contributed by atoms with E-state index in [1.54, 1.807) is 21.1 Å². The molecule has 0 saturated carbocycles. The van der Waals surface area contributed by atoms with E-state index >= 15 is 0 Å². The molecule has 0 aromatic carbocycles. The van der Waals surface area contributed by atoms with E-state index in [4.69, 9.17) is 14.2 Å². The lowest BCUT2D eigenvalue weighted by atomic mass is 10.0. The summed E-state index contributed by atoms with van der Waals surface area (Å²) in [5.74, 6) is -1.79. The van der Waals surface area contributed by atoms with Gasteiger partial charge in [0.1, 0.15) is 12.6 Å². The Morgan fingerprint density at radius 3 is 1.41 bits per heavy atom. The Hall–Kier alpha value is -3.23. The molecule has 59 heavy (non-hydrogen) atoms. The van der Waals surface area contributed by atoms with Gasteiger partial charge in [0.15, 0.2) is 6.10 Å². The number of likely N-dealkylation sites (N-methyl/N-ethyl adjacent to an activating group) is 1. The van der Waals surface area contributed by atoms with E-state index in [9.17, 15) is 19.5 Å². The smallest absolute Gasteiger partial charge is 0.306 e. The number of carboxylic acids is 1. The molecule has 8 nitrogen and oxygen atoms in total. The van der Waals surface area contributed by atoms with Gasteiger partial charge >= 0.3 is 11.9 Å². The largest absolute Gasteiger partial charge is 0.544 e. The molecule has 2 unspecified atom stereocenters. The normalized spacial score (nSPS) is 13.6. The van der Waals surface area contributed by atoms with E-state index in [2.05, 4.69) is 86.8 Å². The molecule has 338 valence electrons. The number of rotatable bonds is 41. The van der Waals surface area contributed by atoms with Crippen LogP contribution < -0.4 is 5.11 Å². The van der Waals surface area contributed by atoms with Gasteiger partial charge in [0.2, 0.25) is 0 Å². The van der Waals surface area contributed by atoms with Gasteiger partial charge in [0.25, 0.3) is 0 Å². The number of hydrogen-bond acceptors (Lipinski definition) is 7. The average molecular weight is 826 g/mol. The van der Waals surface area contributed by atoms with Crippen molar-refractivity contribution in [2.45, 2.75) is 193 Å². The molecule has 0 aliphatic heterocycles. The topological polar surface area (TPSA) is 102 Å². The lowest BCUT2D eigenvalue weighted by molar-refractivity contribution is -0.889. The number of nitrogens with zero attached hydrogens (tertiary/aromatic N) is 1. The number of carbonyl (C=O) groups is 3. The first kappa shape index (κ1) is 55.8. The number of hydrogen-bond donors (Lipinski definition) is 0. The maximum Gasteiger partial charge on any atom is 0.306 e. The summed E-state index contributed by atoms with van der Waals surface area (Å²) < 4.78 is 17.1. The number of unbranched alkanes of at least 4 members (excludes halogenated alkanes) is 15. The van der Waals surface area contributed by atoms with Gasteiger partial charge in [-0.05, 0) is 64.2 Å². The second-order valence-electron chi connectivity index (χ2n) is 16.6. The highest BCUT2D eigenvalue weighted by atomic mass is 16.6. The summed E-state index contributed by atoms with van der Waals surface area (Å²) in [5.41, 5.74) is 0. The average Bonchev–Trinajstić information content (AvgIpc) is 3.19. The Morgan fingerprint density at radius 1 is 0.525 bits per heavy atom. The van der Waals surface area contributed by atoms with E-state index in [0.717, 1.165) is 70.6 Å². The predicted octanol–water partition coefficient (Wildman–Crippen LogP) is 11.8. The summed E-state index contributed by atoms with van der Waals surface area (Å²) in [6.45, 7) is 4.50. The molecular formula is C51H87NO7. The van der Waals surface area contributed by atoms with Gasteiger partial charge in [-0.25, -0.2) is 0 Å². The van der Waals surface area contributed by atoms with Crippen LogP contribution in [-0.4, -0.2) is 75.5 Å². The number of carbonyl (C=O) groups excluding carboxylic acids is 3. The van der Waals surface area contributed by atoms with Crippen LogP contribution in [0.15, 0.2) is 72.9 Å². The molecule has 0 rings (SSSR count). The second-order valence-corrected chi connectivity index (χ2v) is 16.6. The standard InChI is InChI=1S/C51H87NO7/c1-6-8-10-12-14-16-18-20-22-23-24-25-26-27-28-30-31-33-35-37-39-41-49(53)58-46-47(45-57-44-43-48(51(55)56)52(3,4)5)59-50(54)42-40-38-36-34-32-29-21-19-17-15-13-11-9-7-2/h8,10,14,16,20,22,24-25,27-28,31,33,47-48H,6-7,9,11-13,15,17-19,21,23,26,29-30,32,34-46H2,1-5H3/b10-8+,16-14+,22-20+,25-24+,28-27+,33-31+. The summed E-state index contributed by atoms with van der Waals surface area (Å²) in [7, 11) is 5.39. The van der Waals surface area contributed by atoms with Gasteiger partial charge in [0, 0.05) is 19.3 Å². The zero-order valence-electron chi connectivity index (χ0n) is 38.4. The number of quaternary nitrogens is 1. The Kier molecular flexibility index (Phi) is 39.2. The zero-order valence-corrected chi connectivity index (χ0v) is 38.4. The first-order valence-electron chi connectivity index (χ1n) is 23.5. The fourth-order valence-electron chi connectivity index (χ4n) is 6.49. The Labute approximate surface area is 361 Å². The van der Waals surface area contributed by atoms with E-state index < -0.39 is 18.1 Å². The molecule has 0 saturated heterocycles. The Bertz CT molecular complexity index is 1190. The molecule has 0 spiro atoms. The number of allylic oxidation sites excluding steroid dienone is 12. The van der Waals surface area contributed by atoms with Crippen LogP contribution >= 0.6 is 0 Å². The quantitative estimate of drug-likeness (QED) is 0.0262. The molecule has 0 aliphatic carbocycles. The van der Waals surface area contributed by atoms with Crippen LogP contribution in [0.1, 0.15) is 181 Å². The maximum atomic E-state index is 12.7. The SMILES string of the molecule is CC/C=C/C/C=C/C/C=C/C/C=C/C/C=C/C/C=C/CCCCC(=O)OCC(COCCC(C(=O)[O-])[N+](C)(C)C)OC(=O)CCCCCCCCCCCCCCCC. The number of esters is 2. The van der Waals surface area contributed by atoms with Gasteiger partial charge in [-0.3, -0.25) is 9.59 Å². The molecule has 2 atom stereocenters. The highest BCUT2D eigenvalue weighted by molar-refractivity contribution is 5.70. The van der Waals surface area contributed by atoms with Crippen LogP contribution in [0.4, 0.5) is 0 Å². The summed E-state index contributed by atoms with van der Waals surface area (Å²) in [4.78, 5) is 36.9. The van der Waals surface area contributed by atoms with E-state index in [1.807, 2.05) is 0 Å². The van der Waals surface area contributed by atoms with Crippen molar-refractivity contribution in [1.29, 1.82) is 0 Å². The third kappa shape index (κ3) is 40.0. The monoisotopic (exact) mass is 826 g/mol. The molecule has 8 heteroatoms. The number of carboxylic acid groups (broad SMARTS) is 1. The van der Waals surface area contributed by atoms with Crippen molar-refractivity contribution in [2.75, 3.05) is 41.0 Å². The van der Waals surface area contributed by atoms with E-state index in [1.165, 1.54) is 70.6 Å². The summed E-state index contributed by atoms with van der Waals surface area (Å²) in [6, 6.07) is -0.734. The van der Waals surface area contributed by atoms with Crippen LogP contribution in [-0.2, 0) is 28.6 Å². The third-order valence-electron chi connectivity index (χ3n) is 10.1. The minimum Gasteiger partial charge on any atom is -0.544 e. The molecule has 0 amide bonds. The van der Waals surface area contributed by atoms with Crippen LogP contribution in [0.5, 0.6) is 0 Å². The summed E-state index contributed by atoms with van der Waals surface area (Å²) in [5, 5.41) is 11.6. The first-order valence-corrected chi connectivity index (χ1v) is 23.5. The van der Waals surface area contributed by atoms with Gasteiger partial charge in [-0.15, -0.1) is 0 Å². The summed E-state index contributed by atoms with van der Waals surface area (Å²) in [6.07, 6.45) is 52.1. The minimum atomic E-state index is -1.13. The van der Waals surface area contributed by atoms with Crippen LogP contribution in [0.25, 0.3) is 0 Å². The predicted molar refractivity (Wildman–Crippen MR) is 245 cm³/mol.